The summed E-state index contributed by atoms with van der Waals surface area (Å²) < 4.78 is 5.55. The number of aromatic nitrogens is 2. The number of benzene rings is 1. The first-order valence-electron chi connectivity index (χ1n) is 5.93. The molecule has 7 heteroatoms. The zero-order chi connectivity index (χ0) is 15.4. The summed E-state index contributed by atoms with van der Waals surface area (Å²) in [6.45, 7) is 3.89. The minimum absolute atomic E-state index is 0.00893. The lowest BCUT2D eigenvalue weighted by molar-refractivity contribution is 0.364. The summed E-state index contributed by atoms with van der Waals surface area (Å²) in [7, 11) is 0. The average molecular weight is 302 g/mol. The maximum absolute atomic E-state index is 9.25. The third kappa shape index (κ3) is 3.04. The SMILES string of the molecule is C=CCOc1ccc(Cl)cc1-c1nc(N)nc(N)c1C#N. The van der Waals surface area contributed by atoms with Crippen molar-refractivity contribution in [2.24, 2.45) is 0 Å². The highest BCUT2D eigenvalue weighted by molar-refractivity contribution is 6.31. The van der Waals surface area contributed by atoms with Crippen molar-refractivity contribution in [2.75, 3.05) is 18.1 Å². The molecule has 1 aromatic heterocycles. The lowest BCUT2D eigenvalue weighted by Gasteiger charge is -2.12. The molecule has 0 spiro atoms. The smallest absolute Gasteiger partial charge is 0.222 e. The van der Waals surface area contributed by atoms with Gasteiger partial charge < -0.3 is 16.2 Å². The van der Waals surface area contributed by atoms with Gasteiger partial charge in [0.15, 0.2) is 0 Å². The van der Waals surface area contributed by atoms with Crippen LogP contribution in [0.4, 0.5) is 11.8 Å². The van der Waals surface area contributed by atoms with Gasteiger partial charge in [-0.05, 0) is 18.2 Å². The Labute approximate surface area is 126 Å². The predicted molar refractivity (Wildman–Crippen MR) is 81.7 cm³/mol. The van der Waals surface area contributed by atoms with Crippen LogP contribution in [0.3, 0.4) is 0 Å². The number of hydrogen-bond acceptors (Lipinski definition) is 6. The second-order valence-corrected chi connectivity index (χ2v) is 4.48. The maximum atomic E-state index is 9.25. The first-order valence-corrected chi connectivity index (χ1v) is 6.31. The first-order chi connectivity index (χ1) is 10.1. The van der Waals surface area contributed by atoms with E-state index in [9.17, 15) is 5.26 Å². The van der Waals surface area contributed by atoms with Gasteiger partial charge in [-0.2, -0.15) is 10.2 Å². The molecule has 0 aliphatic heterocycles. The van der Waals surface area contributed by atoms with Gasteiger partial charge in [-0.1, -0.05) is 24.3 Å². The molecule has 21 heavy (non-hydrogen) atoms. The molecule has 0 fully saturated rings. The third-order valence-corrected chi connectivity index (χ3v) is 2.85. The van der Waals surface area contributed by atoms with E-state index in [1.165, 1.54) is 0 Å². The predicted octanol–water partition coefficient (Wildman–Crippen LogP) is 2.40. The molecule has 2 rings (SSSR count). The molecule has 1 heterocycles. The van der Waals surface area contributed by atoms with Crippen LogP contribution in [0.25, 0.3) is 11.3 Å². The number of hydrogen-bond donors (Lipinski definition) is 2. The van der Waals surface area contributed by atoms with Gasteiger partial charge in [-0.15, -0.1) is 0 Å². The minimum Gasteiger partial charge on any atom is -0.489 e. The molecule has 0 saturated heterocycles. The Morgan fingerprint density at radius 1 is 1.38 bits per heavy atom. The molecule has 0 aliphatic carbocycles. The van der Waals surface area contributed by atoms with Gasteiger partial charge >= 0.3 is 0 Å². The van der Waals surface area contributed by atoms with Gasteiger partial charge in [0.05, 0.1) is 5.69 Å². The molecule has 0 unspecified atom stereocenters. The second kappa shape index (κ2) is 6.11. The standard InChI is InChI=1S/C14H12ClN5O/c1-2-5-21-11-4-3-8(15)6-9(11)12-10(7-16)13(17)20-14(18)19-12/h2-4,6H,1,5H2,(H4,17,18,19,20). The molecular formula is C14H12ClN5O. The monoisotopic (exact) mass is 301 g/mol. The van der Waals surface area contributed by atoms with Crippen LogP contribution in [0, 0.1) is 11.3 Å². The Hall–Kier alpha value is -2.78. The molecule has 6 nitrogen and oxygen atoms in total. The Bertz CT molecular complexity index is 739. The summed E-state index contributed by atoms with van der Waals surface area (Å²) in [6, 6.07) is 6.94. The van der Waals surface area contributed by atoms with Crippen LogP contribution < -0.4 is 16.2 Å². The fourth-order valence-corrected chi connectivity index (χ4v) is 1.94. The zero-order valence-corrected chi connectivity index (χ0v) is 11.8. The molecule has 0 bridgehead atoms. The van der Waals surface area contributed by atoms with Crippen molar-refractivity contribution in [2.45, 2.75) is 0 Å². The molecule has 0 atom stereocenters. The van der Waals surface area contributed by atoms with Gasteiger partial charge in [0.2, 0.25) is 5.95 Å². The van der Waals surface area contributed by atoms with Gasteiger partial charge in [-0.25, -0.2) is 4.98 Å². The van der Waals surface area contributed by atoms with Gasteiger partial charge in [0.1, 0.15) is 29.8 Å². The van der Waals surface area contributed by atoms with Crippen LogP contribution in [0.15, 0.2) is 30.9 Å². The van der Waals surface area contributed by atoms with Gasteiger partial charge in [0, 0.05) is 10.6 Å². The molecule has 1 aromatic carbocycles. The van der Waals surface area contributed by atoms with Crippen LogP contribution >= 0.6 is 11.6 Å². The zero-order valence-electron chi connectivity index (χ0n) is 11.0. The van der Waals surface area contributed by atoms with E-state index in [-0.39, 0.29) is 23.0 Å². The van der Waals surface area contributed by atoms with E-state index in [0.29, 0.717) is 22.9 Å². The summed E-state index contributed by atoms with van der Waals surface area (Å²) in [6.07, 6.45) is 1.60. The molecule has 0 radical (unpaired) electrons. The Kier molecular flexibility index (Phi) is 4.26. The van der Waals surface area contributed by atoms with E-state index in [1.807, 2.05) is 6.07 Å². The van der Waals surface area contributed by atoms with E-state index in [4.69, 9.17) is 27.8 Å². The van der Waals surface area contributed by atoms with Crippen molar-refractivity contribution in [3.63, 3.8) is 0 Å². The average Bonchev–Trinajstić information content (AvgIpc) is 2.45. The number of nitriles is 1. The first kappa shape index (κ1) is 14.6. The van der Waals surface area contributed by atoms with E-state index < -0.39 is 0 Å². The summed E-state index contributed by atoms with van der Waals surface area (Å²) in [5, 5.41) is 9.72. The van der Waals surface area contributed by atoms with Crippen molar-refractivity contribution >= 4 is 23.4 Å². The lowest BCUT2D eigenvalue weighted by Crippen LogP contribution is -2.06. The van der Waals surface area contributed by atoms with Crippen LogP contribution in [-0.2, 0) is 0 Å². The number of anilines is 2. The summed E-state index contributed by atoms with van der Waals surface area (Å²) in [5.41, 5.74) is 12.2. The highest BCUT2D eigenvalue weighted by Crippen LogP contribution is 2.35. The lowest BCUT2D eigenvalue weighted by atomic mass is 10.1. The third-order valence-electron chi connectivity index (χ3n) is 2.62. The number of ether oxygens (including phenoxy) is 1. The number of nitrogens with zero attached hydrogens (tertiary/aromatic N) is 3. The Balaban J connectivity index is 2.68. The van der Waals surface area contributed by atoms with Crippen LogP contribution in [0.1, 0.15) is 5.56 Å². The van der Waals surface area contributed by atoms with Crippen molar-refractivity contribution in [3.05, 3.63) is 41.4 Å². The number of rotatable bonds is 4. The molecule has 106 valence electrons. The van der Waals surface area contributed by atoms with E-state index in [2.05, 4.69) is 16.5 Å². The van der Waals surface area contributed by atoms with Gasteiger partial charge in [-0.3, -0.25) is 0 Å². The van der Waals surface area contributed by atoms with Crippen LogP contribution in [-0.4, -0.2) is 16.6 Å². The largest absolute Gasteiger partial charge is 0.489 e. The van der Waals surface area contributed by atoms with Crippen LogP contribution in [0.2, 0.25) is 5.02 Å². The van der Waals surface area contributed by atoms with Crippen molar-refractivity contribution in [1.82, 2.24) is 9.97 Å². The number of nitrogens with two attached hydrogens (primary N) is 2. The molecule has 2 aromatic rings. The molecule has 0 saturated carbocycles. The maximum Gasteiger partial charge on any atom is 0.222 e. The van der Waals surface area contributed by atoms with Crippen molar-refractivity contribution in [3.8, 4) is 23.1 Å². The van der Waals surface area contributed by atoms with E-state index in [1.54, 1.807) is 24.3 Å². The van der Waals surface area contributed by atoms with E-state index >= 15 is 0 Å². The molecule has 0 aliphatic rings. The minimum atomic E-state index is -0.0313. The molecule has 0 amide bonds. The van der Waals surface area contributed by atoms with Gasteiger partial charge in [0.25, 0.3) is 0 Å². The van der Waals surface area contributed by atoms with Crippen molar-refractivity contribution in [1.29, 1.82) is 5.26 Å². The topological polar surface area (TPSA) is 111 Å². The fourth-order valence-electron chi connectivity index (χ4n) is 1.76. The Morgan fingerprint density at radius 3 is 2.81 bits per heavy atom. The van der Waals surface area contributed by atoms with E-state index in [0.717, 1.165) is 0 Å². The second-order valence-electron chi connectivity index (χ2n) is 4.04. The number of halogens is 1. The highest BCUT2D eigenvalue weighted by atomic mass is 35.5. The molecule has 4 N–H and O–H groups in total. The summed E-state index contributed by atoms with van der Waals surface area (Å²) in [4.78, 5) is 7.86. The molecular weight excluding hydrogens is 290 g/mol. The number of nitrogen functional groups attached to an aromatic ring is 2. The summed E-state index contributed by atoms with van der Waals surface area (Å²) in [5.74, 6) is 0.471. The van der Waals surface area contributed by atoms with Crippen LogP contribution in [0.5, 0.6) is 5.75 Å². The quantitative estimate of drug-likeness (QED) is 0.839. The van der Waals surface area contributed by atoms with Crippen molar-refractivity contribution < 1.29 is 4.74 Å². The highest BCUT2D eigenvalue weighted by Gasteiger charge is 2.17. The summed E-state index contributed by atoms with van der Waals surface area (Å²) >= 11 is 6.01. The fraction of sp³-hybridized carbons (Fsp3) is 0.0714. The normalized spacial score (nSPS) is 9.90. The Morgan fingerprint density at radius 2 is 2.14 bits per heavy atom.